The summed E-state index contributed by atoms with van der Waals surface area (Å²) < 4.78 is 0. The molecule has 0 amide bonds. The fourth-order valence-electron chi connectivity index (χ4n) is 3.36. The second-order valence-electron chi connectivity index (χ2n) is 6.48. The van der Waals surface area contributed by atoms with Crippen LogP contribution in [-0.2, 0) is 15.1 Å². The zero-order chi connectivity index (χ0) is 21.5. The first-order valence-electron chi connectivity index (χ1n) is 9.32. The molecule has 0 aliphatic rings. The van der Waals surface area contributed by atoms with E-state index in [-0.39, 0.29) is 15.1 Å². The van der Waals surface area contributed by atoms with Crippen LogP contribution in [0.3, 0.4) is 0 Å². The predicted molar refractivity (Wildman–Crippen MR) is 126 cm³/mol. The third-order valence-electron chi connectivity index (χ3n) is 4.69. The SMILES string of the molecule is [Cl][Rh+][Cl].c1cnc2c(c1)ccc1cccnc12.c1cnc2c(c1)ccc1cccnc12. The van der Waals surface area contributed by atoms with Crippen LogP contribution >= 0.6 is 19.4 Å². The number of fused-ring (bicyclic) bond motifs is 6. The molecule has 4 heterocycles. The number of hydrogen-bond donors (Lipinski definition) is 0. The Labute approximate surface area is 195 Å². The largest absolute Gasteiger partial charge is 0.254 e. The molecule has 4 aromatic heterocycles. The Morgan fingerprint density at radius 3 is 0.871 bits per heavy atom. The van der Waals surface area contributed by atoms with E-state index in [2.05, 4.69) is 68.5 Å². The molecule has 6 rings (SSSR count). The molecule has 0 fully saturated rings. The molecular weight excluding hydrogens is 518 g/mol. The minimum atomic E-state index is -0.226. The normalized spacial score (nSPS) is 10.5. The summed E-state index contributed by atoms with van der Waals surface area (Å²) in [5.41, 5.74) is 3.91. The Morgan fingerprint density at radius 2 is 0.645 bits per heavy atom. The van der Waals surface area contributed by atoms with Crippen molar-refractivity contribution in [2.45, 2.75) is 0 Å². The maximum absolute atomic E-state index is 4.83. The van der Waals surface area contributed by atoms with Gasteiger partial charge in [-0.2, -0.15) is 0 Å². The number of halogens is 2. The molecule has 0 atom stereocenters. The van der Waals surface area contributed by atoms with E-state index in [1.54, 1.807) is 24.8 Å². The number of hydrogen-bond acceptors (Lipinski definition) is 4. The molecule has 6 aromatic rings. The van der Waals surface area contributed by atoms with Gasteiger partial charge in [-0.15, -0.1) is 0 Å². The summed E-state index contributed by atoms with van der Waals surface area (Å²) in [4.78, 5) is 17.4. The summed E-state index contributed by atoms with van der Waals surface area (Å²) in [6.45, 7) is 0. The monoisotopic (exact) mass is 533 g/mol. The van der Waals surface area contributed by atoms with Gasteiger partial charge in [-0.1, -0.05) is 48.5 Å². The molecule has 0 aliphatic carbocycles. The molecule has 0 bridgehead atoms. The number of rotatable bonds is 0. The van der Waals surface area contributed by atoms with Crippen molar-refractivity contribution < 1.29 is 15.1 Å². The van der Waals surface area contributed by atoms with E-state index in [0.29, 0.717) is 0 Å². The van der Waals surface area contributed by atoms with E-state index < -0.39 is 0 Å². The molecule has 4 nitrogen and oxygen atoms in total. The molecule has 0 spiro atoms. The molecule has 0 saturated carbocycles. The zero-order valence-electron chi connectivity index (χ0n) is 16.1. The van der Waals surface area contributed by atoms with Gasteiger partial charge in [0.2, 0.25) is 0 Å². The van der Waals surface area contributed by atoms with Gasteiger partial charge in [0, 0.05) is 46.3 Å². The molecule has 0 N–H and O–H groups in total. The van der Waals surface area contributed by atoms with Gasteiger partial charge < -0.3 is 0 Å². The fourth-order valence-corrected chi connectivity index (χ4v) is 3.36. The van der Waals surface area contributed by atoms with Gasteiger partial charge >= 0.3 is 34.5 Å². The van der Waals surface area contributed by atoms with Crippen LogP contribution in [0.15, 0.2) is 97.6 Å². The Morgan fingerprint density at radius 1 is 0.419 bits per heavy atom. The van der Waals surface area contributed by atoms with Gasteiger partial charge in [0.05, 0.1) is 22.1 Å². The minimum absolute atomic E-state index is 0.226. The minimum Gasteiger partial charge on any atom is -0.254 e. The first-order valence-corrected chi connectivity index (χ1v) is 13.5. The molecule has 0 saturated heterocycles. The zero-order valence-corrected chi connectivity index (χ0v) is 19.3. The summed E-state index contributed by atoms with van der Waals surface area (Å²) in [5.74, 6) is 0. The van der Waals surface area contributed by atoms with Crippen molar-refractivity contribution in [2.24, 2.45) is 0 Å². The van der Waals surface area contributed by atoms with Gasteiger partial charge in [-0.05, 0) is 24.3 Å². The van der Waals surface area contributed by atoms with Crippen LogP contribution in [0, 0.1) is 0 Å². The average molecular weight is 534 g/mol. The molecule has 7 heteroatoms. The number of benzene rings is 2. The average Bonchev–Trinajstić information content (AvgIpc) is 2.85. The third-order valence-corrected chi connectivity index (χ3v) is 4.69. The smallest absolute Gasteiger partial charge is 0.0964 e. The van der Waals surface area contributed by atoms with E-state index in [4.69, 9.17) is 19.4 Å². The van der Waals surface area contributed by atoms with Crippen LogP contribution in [0.25, 0.3) is 43.6 Å². The summed E-state index contributed by atoms with van der Waals surface area (Å²) >= 11 is -0.226. The molecule has 154 valence electrons. The molecule has 31 heavy (non-hydrogen) atoms. The summed E-state index contributed by atoms with van der Waals surface area (Å²) in [6, 6.07) is 24.3. The Kier molecular flexibility index (Phi) is 7.32. The van der Waals surface area contributed by atoms with Gasteiger partial charge in [0.25, 0.3) is 0 Å². The van der Waals surface area contributed by atoms with Gasteiger partial charge in [-0.25, -0.2) is 0 Å². The first kappa shape index (κ1) is 21.5. The second-order valence-corrected chi connectivity index (χ2v) is 8.97. The molecule has 0 radical (unpaired) electrons. The van der Waals surface area contributed by atoms with E-state index in [0.717, 1.165) is 43.6 Å². The third kappa shape index (κ3) is 4.96. The summed E-state index contributed by atoms with van der Waals surface area (Å²) in [7, 11) is 9.67. The Hall–Kier alpha value is -2.72. The van der Waals surface area contributed by atoms with Crippen LogP contribution < -0.4 is 0 Å². The fraction of sp³-hybridized carbons (Fsp3) is 0. The van der Waals surface area contributed by atoms with Gasteiger partial charge in [0.1, 0.15) is 0 Å². The Bertz CT molecular complexity index is 1240. The van der Waals surface area contributed by atoms with Crippen molar-refractivity contribution in [2.75, 3.05) is 0 Å². The summed E-state index contributed by atoms with van der Waals surface area (Å²) in [5, 5.41) is 4.55. The van der Waals surface area contributed by atoms with Crippen LogP contribution in [0.1, 0.15) is 0 Å². The molecule has 2 aromatic carbocycles. The van der Waals surface area contributed by atoms with E-state index in [1.807, 2.05) is 24.3 Å². The van der Waals surface area contributed by atoms with Gasteiger partial charge in [0.15, 0.2) is 0 Å². The molecule has 0 unspecified atom stereocenters. The number of pyridine rings is 4. The van der Waals surface area contributed by atoms with Crippen LogP contribution in [0.5, 0.6) is 0 Å². The van der Waals surface area contributed by atoms with E-state index >= 15 is 0 Å². The van der Waals surface area contributed by atoms with Crippen molar-refractivity contribution in [1.29, 1.82) is 0 Å². The van der Waals surface area contributed by atoms with Crippen molar-refractivity contribution >= 4 is 63.0 Å². The van der Waals surface area contributed by atoms with Crippen molar-refractivity contribution in [3.63, 3.8) is 0 Å². The van der Waals surface area contributed by atoms with E-state index in [9.17, 15) is 0 Å². The summed E-state index contributed by atoms with van der Waals surface area (Å²) in [6.07, 6.45) is 7.21. The second kappa shape index (κ2) is 10.5. The maximum atomic E-state index is 4.83. The van der Waals surface area contributed by atoms with Crippen molar-refractivity contribution in [1.82, 2.24) is 19.9 Å². The van der Waals surface area contributed by atoms with Crippen LogP contribution in [-0.4, -0.2) is 19.9 Å². The van der Waals surface area contributed by atoms with Crippen molar-refractivity contribution in [3.05, 3.63) is 97.6 Å². The van der Waals surface area contributed by atoms with Crippen LogP contribution in [0.2, 0.25) is 0 Å². The quantitative estimate of drug-likeness (QED) is 0.157. The molecule has 0 aliphatic heterocycles. The Balaban J connectivity index is 0.000000133. The van der Waals surface area contributed by atoms with E-state index in [1.165, 1.54) is 0 Å². The van der Waals surface area contributed by atoms with Gasteiger partial charge in [-0.3, -0.25) is 19.9 Å². The molecular formula is C24H16Cl2N4Rh+. The maximum Gasteiger partial charge on any atom is 0.0964 e. The number of aromatic nitrogens is 4. The number of nitrogens with zero attached hydrogens (tertiary/aromatic N) is 4. The predicted octanol–water partition coefficient (Wildman–Crippen LogP) is 6.94. The van der Waals surface area contributed by atoms with Crippen LogP contribution in [0.4, 0.5) is 0 Å². The topological polar surface area (TPSA) is 51.6 Å². The van der Waals surface area contributed by atoms with Crippen molar-refractivity contribution in [3.8, 4) is 0 Å². The first-order chi connectivity index (χ1) is 15.3. The standard InChI is InChI=1S/2C12H8N2.2ClH.Rh/c2*1-3-9-5-6-10-4-2-8-14-12(10)11(9)13-7-1;;;/h2*1-8H;2*1H;/q;;;;+3/p-2.